The van der Waals surface area contributed by atoms with Crippen molar-refractivity contribution in [1.29, 1.82) is 0 Å². The topological polar surface area (TPSA) is 0 Å². The minimum atomic E-state index is -1.39. The van der Waals surface area contributed by atoms with Gasteiger partial charge in [0.25, 0.3) is 0 Å². The van der Waals surface area contributed by atoms with Gasteiger partial charge in [-0.3, -0.25) is 0 Å². The predicted octanol–water partition coefficient (Wildman–Crippen LogP) is 5.16. The third-order valence-corrected chi connectivity index (χ3v) is 13.5. The second-order valence-corrected chi connectivity index (χ2v) is 15.0. The SMILES string of the molecule is CC(C)(C)[Si](C)(C)c1cccc2c1SSS2. The summed E-state index contributed by atoms with van der Waals surface area (Å²) < 4.78 is 0. The fraction of sp³-hybridized carbons (Fsp3) is 0.500. The first-order chi connectivity index (χ1) is 7.34. The van der Waals surface area contributed by atoms with Crippen molar-refractivity contribution < 1.29 is 0 Å². The maximum Gasteiger partial charge on any atom is 0.0874 e. The van der Waals surface area contributed by atoms with Crippen molar-refractivity contribution in [2.75, 3.05) is 0 Å². The lowest BCUT2D eigenvalue weighted by Crippen LogP contribution is -2.50. The Hall–Kier alpha value is 0.487. The third-order valence-electron chi connectivity index (χ3n) is 3.77. The standard InChI is InChI=1S/C12H18S3Si/c1-12(2,3)16(4,5)10-8-6-7-9-11(10)14-15-13-9/h6-8H,1-5H3. The molecule has 0 atom stereocenters. The molecule has 0 bridgehead atoms. The van der Waals surface area contributed by atoms with E-state index in [4.69, 9.17) is 0 Å². The van der Waals surface area contributed by atoms with Gasteiger partial charge in [0.15, 0.2) is 0 Å². The highest BCUT2D eigenvalue weighted by Crippen LogP contribution is 2.55. The molecule has 4 heteroatoms. The van der Waals surface area contributed by atoms with Crippen LogP contribution in [0.4, 0.5) is 0 Å². The van der Waals surface area contributed by atoms with E-state index in [1.54, 1.807) is 10.1 Å². The number of fused-ring (bicyclic) bond motifs is 1. The van der Waals surface area contributed by atoms with Crippen LogP contribution in [-0.4, -0.2) is 8.07 Å². The van der Waals surface area contributed by atoms with Crippen LogP contribution in [0.2, 0.25) is 18.1 Å². The van der Waals surface area contributed by atoms with E-state index in [0.29, 0.717) is 5.04 Å². The van der Waals surface area contributed by atoms with Crippen LogP contribution in [-0.2, 0) is 0 Å². The van der Waals surface area contributed by atoms with E-state index in [-0.39, 0.29) is 0 Å². The highest BCUT2D eigenvalue weighted by atomic mass is 33.5. The predicted molar refractivity (Wildman–Crippen MR) is 82.6 cm³/mol. The minimum Gasteiger partial charge on any atom is -0.0650 e. The minimum absolute atomic E-state index is 0.417. The van der Waals surface area contributed by atoms with Gasteiger partial charge in [-0.05, 0) is 47.7 Å². The smallest absolute Gasteiger partial charge is 0.0650 e. The van der Waals surface area contributed by atoms with Gasteiger partial charge in [0.05, 0.1) is 8.07 Å². The Kier molecular flexibility index (Phi) is 3.48. The first-order valence-electron chi connectivity index (χ1n) is 5.49. The Balaban J connectivity index is 2.53. The molecule has 16 heavy (non-hydrogen) atoms. The summed E-state index contributed by atoms with van der Waals surface area (Å²) in [7, 11) is 4.38. The van der Waals surface area contributed by atoms with Gasteiger partial charge in [-0.2, -0.15) is 0 Å². The fourth-order valence-corrected chi connectivity index (χ4v) is 9.33. The van der Waals surface area contributed by atoms with Gasteiger partial charge < -0.3 is 0 Å². The first kappa shape index (κ1) is 12.9. The van der Waals surface area contributed by atoms with E-state index in [0.717, 1.165) is 0 Å². The van der Waals surface area contributed by atoms with Gasteiger partial charge in [0, 0.05) is 9.79 Å². The monoisotopic (exact) mass is 286 g/mol. The Labute approximate surface area is 111 Å². The van der Waals surface area contributed by atoms with Crippen molar-refractivity contribution in [3.05, 3.63) is 18.2 Å². The molecule has 0 nitrogen and oxygen atoms in total. The molecule has 0 saturated heterocycles. The van der Waals surface area contributed by atoms with E-state index >= 15 is 0 Å². The molecule has 0 fully saturated rings. The maximum atomic E-state index is 2.50. The van der Waals surface area contributed by atoms with Crippen molar-refractivity contribution in [3.8, 4) is 0 Å². The average Bonchev–Trinajstić information content (AvgIpc) is 2.62. The van der Waals surface area contributed by atoms with Crippen LogP contribution in [0, 0.1) is 0 Å². The molecular weight excluding hydrogens is 268 g/mol. The molecule has 0 aromatic heterocycles. The van der Waals surface area contributed by atoms with Gasteiger partial charge >= 0.3 is 0 Å². The molecule has 0 unspecified atom stereocenters. The summed E-state index contributed by atoms with van der Waals surface area (Å²) >= 11 is 0. The van der Waals surface area contributed by atoms with E-state index < -0.39 is 8.07 Å². The van der Waals surface area contributed by atoms with E-state index in [1.807, 2.05) is 31.4 Å². The molecule has 2 rings (SSSR count). The van der Waals surface area contributed by atoms with Crippen LogP contribution in [0.5, 0.6) is 0 Å². The van der Waals surface area contributed by atoms with Crippen molar-refractivity contribution >= 4 is 44.7 Å². The zero-order valence-corrected chi connectivity index (χ0v) is 13.9. The Bertz CT molecular complexity index is 407. The van der Waals surface area contributed by atoms with Gasteiger partial charge in [-0.25, -0.2) is 0 Å². The van der Waals surface area contributed by atoms with Gasteiger partial charge in [0.2, 0.25) is 0 Å². The maximum absolute atomic E-state index is 2.50. The number of hydrogen-bond acceptors (Lipinski definition) is 3. The molecule has 1 aliphatic rings. The molecule has 1 aromatic rings. The van der Waals surface area contributed by atoms with Crippen LogP contribution in [0.15, 0.2) is 28.0 Å². The average molecular weight is 287 g/mol. The van der Waals surface area contributed by atoms with Crippen molar-refractivity contribution in [1.82, 2.24) is 0 Å². The van der Waals surface area contributed by atoms with Crippen molar-refractivity contribution in [3.63, 3.8) is 0 Å². The molecule has 0 saturated carbocycles. The van der Waals surface area contributed by atoms with Crippen LogP contribution in [0.3, 0.4) is 0 Å². The molecule has 1 aliphatic heterocycles. The Morgan fingerprint density at radius 1 is 1.06 bits per heavy atom. The second-order valence-electron chi connectivity index (χ2n) is 5.74. The lowest BCUT2D eigenvalue weighted by molar-refractivity contribution is 0.728. The zero-order chi connectivity index (χ0) is 12.0. The molecule has 0 aliphatic carbocycles. The van der Waals surface area contributed by atoms with Crippen LogP contribution in [0.25, 0.3) is 0 Å². The summed E-state index contributed by atoms with van der Waals surface area (Å²) in [5.74, 6) is 0. The third kappa shape index (κ3) is 2.09. The van der Waals surface area contributed by atoms with Crippen molar-refractivity contribution in [2.24, 2.45) is 0 Å². The summed E-state index contributed by atoms with van der Waals surface area (Å²) in [4.78, 5) is 3.02. The van der Waals surface area contributed by atoms with Crippen LogP contribution >= 0.6 is 31.4 Å². The van der Waals surface area contributed by atoms with Crippen molar-refractivity contribution in [2.45, 2.75) is 48.7 Å². The summed E-state index contributed by atoms with van der Waals surface area (Å²) in [6.07, 6.45) is 0. The summed E-state index contributed by atoms with van der Waals surface area (Å²) in [5, 5.41) is 2.06. The molecule has 0 amide bonds. The molecular formula is C12H18S3Si. The highest BCUT2D eigenvalue weighted by molar-refractivity contribution is 9.10. The zero-order valence-electron chi connectivity index (χ0n) is 10.5. The molecule has 1 aromatic carbocycles. The van der Waals surface area contributed by atoms with Crippen LogP contribution in [0.1, 0.15) is 20.8 Å². The summed E-state index contributed by atoms with van der Waals surface area (Å²) in [5.41, 5.74) is 0. The van der Waals surface area contributed by atoms with Gasteiger partial charge in [-0.1, -0.05) is 46.0 Å². The first-order valence-corrected chi connectivity index (χ1v) is 12.0. The quantitative estimate of drug-likeness (QED) is 0.517. The molecule has 88 valence electrons. The Morgan fingerprint density at radius 3 is 2.38 bits per heavy atom. The molecule has 0 spiro atoms. The lowest BCUT2D eigenvalue weighted by Gasteiger charge is -2.38. The normalized spacial score (nSPS) is 16.3. The summed E-state index contributed by atoms with van der Waals surface area (Å²) in [6.45, 7) is 12.2. The Morgan fingerprint density at radius 2 is 1.75 bits per heavy atom. The number of benzene rings is 1. The van der Waals surface area contributed by atoms with Gasteiger partial charge in [0.1, 0.15) is 0 Å². The largest absolute Gasteiger partial charge is 0.0874 e. The van der Waals surface area contributed by atoms with E-state index in [2.05, 4.69) is 52.1 Å². The summed E-state index contributed by atoms with van der Waals surface area (Å²) in [6, 6.07) is 6.84. The lowest BCUT2D eigenvalue weighted by atomic mass is 10.2. The van der Waals surface area contributed by atoms with E-state index in [1.165, 1.54) is 4.90 Å². The molecule has 0 radical (unpaired) electrons. The van der Waals surface area contributed by atoms with Crippen LogP contribution < -0.4 is 5.19 Å². The number of rotatable bonds is 1. The fourth-order valence-electron chi connectivity index (χ4n) is 1.65. The number of hydrogen-bond donors (Lipinski definition) is 0. The van der Waals surface area contributed by atoms with E-state index in [9.17, 15) is 0 Å². The molecule has 0 N–H and O–H groups in total. The highest BCUT2D eigenvalue weighted by Gasteiger charge is 2.39. The van der Waals surface area contributed by atoms with Gasteiger partial charge in [-0.15, -0.1) is 0 Å². The molecule has 1 heterocycles. The second kappa shape index (κ2) is 4.30.